The minimum atomic E-state index is -0.321. The van der Waals surface area contributed by atoms with Gasteiger partial charge in [-0.1, -0.05) is 66.2 Å². The van der Waals surface area contributed by atoms with Gasteiger partial charge in [0.2, 0.25) is 0 Å². The smallest absolute Gasteiger partial charge is 0.271 e. The lowest BCUT2D eigenvalue weighted by atomic mass is 10.1. The first kappa shape index (κ1) is 28.9. The number of amides is 1. The highest BCUT2D eigenvalue weighted by Gasteiger charge is 2.10. The van der Waals surface area contributed by atoms with Gasteiger partial charge >= 0.3 is 0 Å². The summed E-state index contributed by atoms with van der Waals surface area (Å²) in [6.07, 6.45) is 1.56. The van der Waals surface area contributed by atoms with Crippen molar-refractivity contribution in [2.45, 2.75) is 6.61 Å². The fourth-order valence-corrected chi connectivity index (χ4v) is 5.47. The van der Waals surface area contributed by atoms with E-state index >= 15 is 0 Å². The number of methoxy groups -OCH3 is 1. The van der Waals surface area contributed by atoms with Crippen molar-refractivity contribution in [2.24, 2.45) is 5.10 Å². The van der Waals surface area contributed by atoms with E-state index in [-0.39, 0.29) is 5.91 Å². The van der Waals surface area contributed by atoms with Gasteiger partial charge in [0.1, 0.15) is 6.61 Å². The van der Waals surface area contributed by atoms with E-state index in [0.717, 1.165) is 38.6 Å². The highest BCUT2D eigenvalue weighted by molar-refractivity contribution is 7.14. The third-order valence-corrected chi connectivity index (χ3v) is 7.88. The molecule has 0 saturated carbocycles. The first-order chi connectivity index (χ1) is 21.6. The maximum absolute atomic E-state index is 12.7. The van der Waals surface area contributed by atoms with Gasteiger partial charge in [-0.3, -0.25) is 4.79 Å². The fourth-order valence-electron chi connectivity index (χ4n) is 4.60. The van der Waals surface area contributed by atoms with Crippen molar-refractivity contribution in [3.8, 4) is 22.8 Å². The number of aromatic nitrogens is 1. The Hall–Kier alpha value is -5.18. The number of halogens is 1. The summed E-state index contributed by atoms with van der Waals surface area (Å²) in [5.41, 5.74) is 7.53. The van der Waals surface area contributed by atoms with Crippen LogP contribution < -0.4 is 20.2 Å². The second-order valence-electron chi connectivity index (χ2n) is 9.78. The number of carbonyl (C=O) groups excluding carboxylic acids is 1. The van der Waals surface area contributed by atoms with Crippen LogP contribution in [-0.4, -0.2) is 24.2 Å². The second-order valence-corrected chi connectivity index (χ2v) is 11.1. The Kier molecular flexibility index (Phi) is 8.82. The van der Waals surface area contributed by atoms with E-state index in [2.05, 4.69) is 45.1 Å². The third kappa shape index (κ3) is 6.89. The highest BCUT2D eigenvalue weighted by Crippen LogP contribution is 2.30. The molecule has 7 nitrogen and oxygen atoms in total. The van der Waals surface area contributed by atoms with Gasteiger partial charge < -0.3 is 14.8 Å². The lowest BCUT2D eigenvalue weighted by Crippen LogP contribution is -2.17. The number of rotatable bonds is 10. The van der Waals surface area contributed by atoms with E-state index in [1.807, 2.05) is 78.2 Å². The van der Waals surface area contributed by atoms with Crippen LogP contribution >= 0.6 is 22.9 Å². The summed E-state index contributed by atoms with van der Waals surface area (Å²) in [7, 11) is 1.59. The highest BCUT2D eigenvalue weighted by atomic mass is 35.5. The summed E-state index contributed by atoms with van der Waals surface area (Å²) >= 11 is 7.46. The largest absolute Gasteiger partial charge is 0.493 e. The van der Waals surface area contributed by atoms with Crippen molar-refractivity contribution >= 4 is 56.7 Å². The number of nitrogens with zero attached hydrogens (tertiary/aromatic N) is 2. The molecule has 44 heavy (non-hydrogen) atoms. The van der Waals surface area contributed by atoms with E-state index in [1.54, 1.807) is 25.5 Å². The molecule has 0 fully saturated rings. The van der Waals surface area contributed by atoms with Crippen LogP contribution in [0, 0.1) is 0 Å². The Bertz CT molecular complexity index is 1930. The van der Waals surface area contributed by atoms with Gasteiger partial charge in [0.15, 0.2) is 16.6 Å². The SMILES string of the molecule is COc1cc(/C=N\NC(=O)c2ccc(-c3csc(Nc4ccc(Cl)cc4)n3)cc2)ccc1OCc1cccc2ccccc12. The molecule has 0 saturated heterocycles. The van der Waals surface area contributed by atoms with Crippen molar-refractivity contribution in [3.05, 3.63) is 136 Å². The van der Waals surface area contributed by atoms with Crippen molar-refractivity contribution in [1.29, 1.82) is 0 Å². The molecule has 9 heteroatoms. The van der Waals surface area contributed by atoms with Gasteiger partial charge in [0.25, 0.3) is 5.91 Å². The van der Waals surface area contributed by atoms with E-state index in [4.69, 9.17) is 21.1 Å². The summed E-state index contributed by atoms with van der Waals surface area (Å²) < 4.78 is 11.7. The summed E-state index contributed by atoms with van der Waals surface area (Å²) in [6.45, 7) is 0.407. The number of hydrazone groups is 1. The van der Waals surface area contributed by atoms with Crippen LogP contribution in [0.4, 0.5) is 10.8 Å². The van der Waals surface area contributed by atoms with E-state index in [0.29, 0.717) is 28.7 Å². The number of hydrogen-bond acceptors (Lipinski definition) is 7. The van der Waals surface area contributed by atoms with Gasteiger partial charge in [-0.25, -0.2) is 10.4 Å². The van der Waals surface area contributed by atoms with Crippen molar-refractivity contribution in [2.75, 3.05) is 12.4 Å². The Balaban J connectivity index is 1.05. The van der Waals surface area contributed by atoms with Gasteiger partial charge in [0.05, 0.1) is 19.0 Å². The van der Waals surface area contributed by atoms with Crippen LogP contribution in [0.25, 0.3) is 22.0 Å². The fraction of sp³-hybridized carbons (Fsp3) is 0.0571. The molecule has 0 aliphatic carbocycles. The summed E-state index contributed by atoms with van der Waals surface area (Å²) in [5, 5.41) is 13.1. The zero-order chi connectivity index (χ0) is 30.3. The number of fused-ring (bicyclic) bond motifs is 1. The van der Waals surface area contributed by atoms with E-state index in [9.17, 15) is 4.79 Å². The van der Waals surface area contributed by atoms with Crippen molar-refractivity contribution in [1.82, 2.24) is 10.4 Å². The first-order valence-electron chi connectivity index (χ1n) is 13.8. The molecule has 1 amide bonds. The van der Waals surface area contributed by atoms with Gasteiger partial charge in [-0.15, -0.1) is 11.3 Å². The molecule has 6 rings (SSSR count). The van der Waals surface area contributed by atoms with Gasteiger partial charge in [-0.2, -0.15) is 5.10 Å². The molecular weight excluding hydrogens is 592 g/mol. The molecule has 0 aliphatic rings. The van der Waals surface area contributed by atoms with E-state index in [1.165, 1.54) is 16.7 Å². The van der Waals surface area contributed by atoms with Crippen LogP contribution in [0.2, 0.25) is 5.02 Å². The molecule has 0 radical (unpaired) electrons. The number of thiazole rings is 1. The Morgan fingerprint density at radius 3 is 2.55 bits per heavy atom. The molecule has 0 bridgehead atoms. The molecule has 0 spiro atoms. The zero-order valence-electron chi connectivity index (χ0n) is 23.7. The average molecular weight is 619 g/mol. The minimum Gasteiger partial charge on any atom is -0.493 e. The van der Waals surface area contributed by atoms with Crippen LogP contribution in [0.1, 0.15) is 21.5 Å². The molecule has 1 aromatic heterocycles. The normalized spacial score (nSPS) is 11.0. The maximum atomic E-state index is 12.7. The first-order valence-corrected chi connectivity index (χ1v) is 15.0. The monoisotopic (exact) mass is 618 g/mol. The van der Waals surface area contributed by atoms with Crippen LogP contribution in [0.5, 0.6) is 11.5 Å². The zero-order valence-corrected chi connectivity index (χ0v) is 25.2. The summed E-state index contributed by atoms with van der Waals surface area (Å²) in [5.74, 6) is 0.873. The predicted molar refractivity (Wildman–Crippen MR) is 179 cm³/mol. The number of hydrogen-bond donors (Lipinski definition) is 2. The van der Waals surface area contributed by atoms with Crippen molar-refractivity contribution < 1.29 is 14.3 Å². The maximum Gasteiger partial charge on any atom is 0.271 e. The van der Waals surface area contributed by atoms with Crippen LogP contribution in [0.3, 0.4) is 0 Å². The Labute approximate surface area is 263 Å². The molecule has 6 aromatic rings. The van der Waals surface area contributed by atoms with E-state index < -0.39 is 0 Å². The molecule has 0 atom stereocenters. The summed E-state index contributed by atoms with van der Waals surface area (Å²) in [4.78, 5) is 17.3. The topological polar surface area (TPSA) is 84.8 Å². The average Bonchev–Trinajstić information content (AvgIpc) is 3.53. The quantitative estimate of drug-likeness (QED) is 0.118. The molecule has 0 unspecified atom stereocenters. The number of anilines is 2. The lowest BCUT2D eigenvalue weighted by Gasteiger charge is -2.12. The lowest BCUT2D eigenvalue weighted by molar-refractivity contribution is 0.0955. The molecule has 1 heterocycles. The number of benzene rings is 5. The minimum absolute atomic E-state index is 0.321. The third-order valence-electron chi connectivity index (χ3n) is 6.87. The molecule has 5 aromatic carbocycles. The summed E-state index contributed by atoms with van der Waals surface area (Å²) in [6, 6.07) is 34.6. The molecule has 2 N–H and O–H groups in total. The number of carbonyl (C=O) groups is 1. The van der Waals surface area contributed by atoms with Gasteiger partial charge in [0, 0.05) is 27.2 Å². The Morgan fingerprint density at radius 1 is 0.932 bits per heavy atom. The number of ether oxygens (including phenoxy) is 2. The van der Waals surface area contributed by atoms with Gasteiger partial charge in [-0.05, 0) is 76.5 Å². The second kappa shape index (κ2) is 13.4. The molecular formula is C35H27ClN4O3S. The standard InChI is InChI=1S/C35H27ClN4O3S/c1-42-33-19-23(9-18-32(33)43-21-27-7-4-6-24-5-2-3-8-30(24)27)20-37-40-34(41)26-12-10-25(11-13-26)31-22-44-35(39-31)38-29-16-14-28(36)15-17-29/h2-20,22H,21H2,1H3,(H,38,39)(H,40,41)/b37-20-. The predicted octanol–water partition coefficient (Wildman–Crippen LogP) is 8.71. The van der Waals surface area contributed by atoms with Crippen LogP contribution in [-0.2, 0) is 6.61 Å². The Morgan fingerprint density at radius 2 is 1.73 bits per heavy atom. The van der Waals surface area contributed by atoms with Crippen molar-refractivity contribution in [3.63, 3.8) is 0 Å². The molecule has 0 aliphatic heterocycles. The van der Waals surface area contributed by atoms with Crippen LogP contribution in [0.15, 0.2) is 120 Å². The number of nitrogens with one attached hydrogen (secondary N) is 2. The molecule has 218 valence electrons.